The highest BCUT2D eigenvalue weighted by molar-refractivity contribution is 7.07. The molecule has 3 N–H and O–H groups in total. The first kappa shape index (κ1) is 18.8. The number of halogens is 2. The van der Waals surface area contributed by atoms with Crippen LogP contribution in [0.2, 0.25) is 5.02 Å². The number of hydrogen-bond acceptors (Lipinski definition) is 5. The van der Waals surface area contributed by atoms with E-state index in [0.29, 0.717) is 16.1 Å². The lowest BCUT2D eigenvalue weighted by Gasteiger charge is -2.07. The van der Waals surface area contributed by atoms with E-state index in [1.54, 1.807) is 24.6 Å². The number of carbonyl (C=O) groups is 1. The van der Waals surface area contributed by atoms with Gasteiger partial charge in [-0.1, -0.05) is 17.7 Å². The molecule has 0 saturated heterocycles. The molecule has 1 aromatic heterocycles. The van der Waals surface area contributed by atoms with Crippen LogP contribution < -0.4 is 10.5 Å². The van der Waals surface area contributed by atoms with Crippen LogP contribution in [-0.4, -0.2) is 29.0 Å². The van der Waals surface area contributed by atoms with Gasteiger partial charge in [-0.25, -0.2) is 9.07 Å². The first-order chi connectivity index (χ1) is 12.9. The number of carbonyl (C=O) groups excluding carboxylic acids is 1. The number of thiazole rings is 1. The Labute approximate surface area is 162 Å². The molecule has 9 heteroatoms. The van der Waals surface area contributed by atoms with Crippen molar-refractivity contribution in [3.63, 3.8) is 0 Å². The Bertz CT molecular complexity index is 1100. The predicted octanol–water partition coefficient (Wildman–Crippen LogP) is 3.23. The van der Waals surface area contributed by atoms with Gasteiger partial charge >= 0.3 is 0 Å². The molecule has 1 amide bonds. The Balaban J connectivity index is 2.13. The fourth-order valence-corrected chi connectivity index (χ4v) is 3.42. The Morgan fingerprint density at radius 2 is 2.15 bits per heavy atom. The summed E-state index contributed by atoms with van der Waals surface area (Å²) < 4.78 is 15.5. The molecule has 0 unspecified atom stereocenters. The first-order valence-corrected chi connectivity index (χ1v) is 8.93. The van der Waals surface area contributed by atoms with E-state index in [2.05, 4.69) is 10.1 Å². The van der Waals surface area contributed by atoms with Crippen molar-refractivity contribution in [2.75, 3.05) is 7.05 Å². The number of primary amides is 1. The van der Waals surface area contributed by atoms with E-state index in [1.807, 2.05) is 0 Å². The molecule has 27 heavy (non-hydrogen) atoms. The maximum Gasteiger partial charge on any atom is 0.252 e. The quantitative estimate of drug-likeness (QED) is 0.653. The first-order valence-electron chi connectivity index (χ1n) is 7.67. The number of aromatic nitrogens is 1. The minimum absolute atomic E-state index is 0.0126. The molecule has 6 nitrogen and oxygen atoms in total. The summed E-state index contributed by atoms with van der Waals surface area (Å²) in [6, 6.07) is 8.81. The lowest BCUT2D eigenvalue weighted by atomic mass is 10.1. The molecular weight excluding hydrogens is 391 g/mol. The van der Waals surface area contributed by atoms with Crippen LogP contribution in [0.25, 0.3) is 11.3 Å². The van der Waals surface area contributed by atoms with E-state index in [-0.39, 0.29) is 21.9 Å². The van der Waals surface area contributed by atoms with Gasteiger partial charge in [-0.2, -0.15) is 5.10 Å². The van der Waals surface area contributed by atoms with Crippen molar-refractivity contribution in [2.24, 2.45) is 15.8 Å². The number of benzene rings is 2. The third-order valence-corrected chi connectivity index (χ3v) is 4.97. The average Bonchev–Trinajstić information content (AvgIpc) is 3.04. The maximum absolute atomic E-state index is 14.0. The highest BCUT2D eigenvalue weighted by Gasteiger charge is 2.13. The molecule has 138 valence electrons. The summed E-state index contributed by atoms with van der Waals surface area (Å²) in [6.07, 6.45) is 1.30. The summed E-state index contributed by atoms with van der Waals surface area (Å²) in [7, 11) is 1.60. The lowest BCUT2D eigenvalue weighted by molar-refractivity contribution is 0.0998. The second-order valence-electron chi connectivity index (χ2n) is 5.42. The monoisotopic (exact) mass is 404 g/mol. The van der Waals surface area contributed by atoms with E-state index in [9.17, 15) is 14.3 Å². The van der Waals surface area contributed by atoms with Gasteiger partial charge in [-0.15, -0.1) is 11.3 Å². The van der Waals surface area contributed by atoms with Crippen molar-refractivity contribution in [1.82, 2.24) is 4.68 Å². The molecule has 3 rings (SSSR count). The molecule has 3 aromatic rings. The van der Waals surface area contributed by atoms with Crippen molar-refractivity contribution >= 4 is 35.1 Å². The third kappa shape index (κ3) is 3.76. The fourth-order valence-electron chi connectivity index (χ4n) is 2.40. The highest BCUT2D eigenvalue weighted by Crippen LogP contribution is 2.26. The molecule has 0 atom stereocenters. The molecule has 1 heterocycles. The molecule has 0 fully saturated rings. The molecule has 0 bridgehead atoms. The van der Waals surface area contributed by atoms with E-state index < -0.39 is 11.7 Å². The summed E-state index contributed by atoms with van der Waals surface area (Å²) in [4.78, 5) is 16.2. The predicted molar refractivity (Wildman–Crippen MR) is 104 cm³/mol. The van der Waals surface area contributed by atoms with Crippen molar-refractivity contribution in [2.45, 2.75) is 0 Å². The molecule has 0 aliphatic rings. The maximum atomic E-state index is 14.0. The molecule has 0 saturated carbocycles. The topological polar surface area (TPSA) is 93.0 Å². The Morgan fingerprint density at radius 1 is 1.37 bits per heavy atom. The lowest BCUT2D eigenvalue weighted by Crippen LogP contribution is -2.13. The van der Waals surface area contributed by atoms with Gasteiger partial charge in [-0.3, -0.25) is 9.79 Å². The largest absolute Gasteiger partial charge is 0.507 e. The zero-order chi connectivity index (χ0) is 19.6. The van der Waals surface area contributed by atoms with Crippen LogP contribution in [0.5, 0.6) is 5.75 Å². The zero-order valence-electron chi connectivity index (χ0n) is 14.1. The van der Waals surface area contributed by atoms with Crippen molar-refractivity contribution < 1.29 is 14.3 Å². The second kappa shape index (κ2) is 7.73. The van der Waals surface area contributed by atoms with Crippen LogP contribution in [0.1, 0.15) is 15.9 Å². The number of amides is 1. The van der Waals surface area contributed by atoms with E-state index in [4.69, 9.17) is 17.3 Å². The number of nitrogens with zero attached hydrogens (tertiary/aromatic N) is 3. The van der Waals surface area contributed by atoms with Gasteiger partial charge in [0, 0.05) is 23.6 Å². The molecule has 0 aliphatic carbocycles. The summed E-state index contributed by atoms with van der Waals surface area (Å²) in [6.45, 7) is 0. The van der Waals surface area contributed by atoms with Gasteiger partial charge in [0.25, 0.3) is 5.91 Å². The summed E-state index contributed by atoms with van der Waals surface area (Å²) in [5, 5.41) is 16.1. The summed E-state index contributed by atoms with van der Waals surface area (Å²) in [5.41, 5.74) is 6.60. The second-order valence-corrected chi connectivity index (χ2v) is 6.66. The van der Waals surface area contributed by atoms with E-state index in [1.165, 1.54) is 46.5 Å². The van der Waals surface area contributed by atoms with Crippen molar-refractivity contribution in [1.29, 1.82) is 0 Å². The Kier molecular flexibility index (Phi) is 5.38. The Morgan fingerprint density at radius 3 is 2.81 bits per heavy atom. The average molecular weight is 405 g/mol. The van der Waals surface area contributed by atoms with Crippen LogP contribution in [-0.2, 0) is 0 Å². The SMILES string of the molecule is CN=c1scc(-c2ccc(O)c(C(N)=O)c2)n1/N=C\c1c(F)cccc1Cl. The number of rotatable bonds is 4. The molecule has 0 aliphatic heterocycles. The molecule has 0 spiro atoms. The van der Waals surface area contributed by atoms with Crippen LogP contribution >= 0.6 is 22.9 Å². The molecule has 0 radical (unpaired) electrons. The van der Waals surface area contributed by atoms with Gasteiger partial charge < -0.3 is 10.8 Å². The normalized spacial score (nSPS) is 12.0. The fraction of sp³-hybridized carbons (Fsp3) is 0.0556. The van der Waals surface area contributed by atoms with Crippen LogP contribution in [0, 0.1) is 5.82 Å². The van der Waals surface area contributed by atoms with Gasteiger partial charge in [0.15, 0.2) is 0 Å². The van der Waals surface area contributed by atoms with Gasteiger partial charge in [0.1, 0.15) is 11.6 Å². The van der Waals surface area contributed by atoms with E-state index >= 15 is 0 Å². The smallest absolute Gasteiger partial charge is 0.252 e. The summed E-state index contributed by atoms with van der Waals surface area (Å²) >= 11 is 7.34. The molecule has 2 aromatic carbocycles. The van der Waals surface area contributed by atoms with Crippen LogP contribution in [0.3, 0.4) is 0 Å². The van der Waals surface area contributed by atoms with Crippen LogP contribution in [0.15, 0.2) is 51.9 Å². The summed E-state index contributed by atoms with van der Waals surface area (Å²) in [5.74, 6) is -1.47. The molecular formula is C18H14ClFN4O2S. The van der Waals surface area contributed by atoms with E-state index in [0.717, 1.165) is 0 Å². The number of nitrogens with two attached hydrogens (primary N) is 1. The zero-order valence-corrected chi connectivity index (χ0v) is 15.6. The van der Waals surface area contributed by atoms with Gasteiger partial charge in [0.2, 0.25) is 4.80 Å². The van der Waals surface area contributed by atoms with Gasteiger partial charge in [-0.05, 0) is 30.3 Å². The van der Waals surface area contributed by atoms with Crippen LogP contribution in [0.4, 0.5) is 4.39 Å². The third-order valence-electron chi connectivity index (χ3n) is 3.74. The van der Waals surface area contributed by atoms with Gasteiger partial charge in [0.05, 0.1) is 22.5 Å². The Hall–Kier alpha value is -2.97. The van der Waals surface area contributed by atoms with Crippen molar-refractivity contribution in [3.05, 3.63) is 68.5 Å². The number of phenols is 1. The number of hydrogen-bond donors (Lipinski definition) is 2. The number of aromatic hydroxyl groups is 1. The minimum Gasteiger partial charge on any atom is -0.507 e. The highest BCUT2D eigenvalue weighted by atomic mass is 35.5. The standard InChI is InChI=1S/C18H14ClFN4O2S/c1-22-18-24(23-8-12-13(19)3-2-4-14(12)20)15(9-27-18)10-5-6-16(25)11(7-10)17(21)26/h2-9,25H,1H3,(H2,21,26)/b22-18?,23-8-. The van der Waals surface area contributed by atoms with Crippen molar-refractivity contribution in [3.8, 4) is 17.0 Å². The minimum atomic E-state index is -0.752.